The van der Waals surface area contributed by atoms with Crippen LogP contribution in [0.5, 0.6) is 5.88 Å². The fourth-order valence-corrected chi connectivity index (χ4v) is 3.26. The lowest BCUT2D eigenvalue weighted by Crippen LogP contribution is -2.66. The zero-order chi connectivity index (χ0) is 15.7. The van der Waals surface area contributed by atoms with Gasteiger partial charge in [-0.1, -0.05) is 6.07 Å². The Labute approximate surface area is 135 Å². The van der Waals surface area contributed by atoms with Crippen molar-refractivity contribution in [3.63, 3.8) is 0 Å². The molecular weight excluding hydrogens is 292 g/mol. The normalized spacial score (nSPS) is 22.7. The Hall–Kier alpha value is -2.21. The van der Waals surface area contributed by atoms with Gasteiger partial charge in [-0.15, -0.1) is 5.10 Å². The molecule has 2 aromatic rings. The summed E-state index contributed by atoms with van der Waals surface area (Å²) in [5.74, 6) is 1.60. The average Bonchev–Trinajstić information content (AvgIpc) is 2.55. The molecule has 0 radical (unpaired) electrons. The molecule has 120 valence electrons. The third-order valence-corrected chi connectivity index (χ3v) is 4.44. The monoisotopic (exact) mass is 312 g/mol. The lowest BCUT2D eigenvalue weighted by Gasteiger charge is -2.53. The highest BCUT2D eigenvalue weighted by Gasteiger charge is 2.48. The molecule has 1 atom stereocenters. The molecule has 2 aliphatic heterocycles. The predicted molar refractivity (Wildman–Crippen MR) is 85.6 cm³/mol. The van der Waals surface area contributed by atoms with E-state index in [1.807, 2.05) is 37.3 Å². The molecule has 2 saturated heterocycles. The van der Waals surface area contributed by atoms with E-state index in [9.17, 15) is 0 Å². The molecule has 0 saturated carbocycles. The first-order valence-corrected chi connectivity index (χ1v) is 7.99. The molecule has 0 bridgehead atoms. The fourth-order valence-electron chi connectivity index (χ4n) is 3.26. The number of hydrogen-bond donors (Lipinski definition) is 0. The first-order chi connectivity index (χ1) is 11.2. The summed E-state index contributed by atoms with van der Waals surface area (Å²) in [5, 5.41) is 8.37. The van der Waals surface area contributed by atoms with Crippen molar-refractivity contribution in [1.82, 2.24) is 15.2 Å². The standard InChI is InChI=1S/C17H20N4O2/c1-13-5-6-15(20-19-13)21-11-17(12-21)10-14(7-9-22-17)23-16-4-2-3-8-18-16/h2-6,8,14H,7,9-12H2,1H3/t14-/m0/s1. The number of pyridine rings is 1. The first kappa shape index (κ1) is 14.4. The number of aromatic nitrogens is 3. The highest BCUT2D eigenvalue weighted by molar-refractivity contribution is 5.43. The van der Waals surface area contributed by atoms with Crippen molar-refractivity contribution in [1.29, 1.82) is 0 Å². The molecule has 6 heteroatoms. The van der Waals surface area contributed by atoms with Crippen molar-refractivity contribution in [3.8, 4) is 5.88 Å². The summed E-state index contributed by atoms with van der Waals surface area (Å²) in [6, 6.07) is 9.74. The van der Waals surface area contributed by atoms with Crippen LogP contribution in [-0.4, -0.2) is 46.6 Å². The lowest BCUT2D eigenvalue weighted by atomic mass is 9.84. The highest BCUT2D eigenvalue weighted by Crippen LogP contribution is 2.37. The van der Waals surface area contributed by atoms with Crippen LogP contribution < -0.4 is 9.64 Å². The molecule has 0 aliphatic carbocycles. The van der Waals surface area contributed by atoms with Crippen molar-refractivity contribution in [2.75, 3.05) is 24.6 Å². The Kier molecular flexibility index (Phi) is 3.61. The predicted octanol–water partition coefficient (Wildman–Crippen LogP) is 2.00. The summed E-state index contributed by atoms with van der Waals surface area (Å²) < 4.78 is 12.1. The number of aryl methyl sites for hydroxylation is 1. The molecule has 0 aromatic carbocycles. The Bertz CT molecular complexity index is 656. The van der Waals surface area contributed by atoms with E-state index in [1.54, 1.807) is 6.20 Å². The van der Waals surface area contributed by atoms with E-state index in [-0.39, 0.29) is 11.7 Å². The van der Waals surface area contributed by atoms with Gasteiger partial charge in [0.2, 0.25) is 5.88 Å². The third kappa shape index (κ3) is 2.99. The van der Waals surface area contributed by atoms with Crippen LogP contribution in [0.4, 0.5) is 5.82 Å². The number of anilines is 1. The lowest BCUT2D eigenvalue weighted by molar-refractivity contribution is -0.126. The van der Waals surface area contributed by atoms with Gasteiger partial charge in [-0.3, -0.25) is 0 Å². The molecule has 2 aliphatic rings. The van der Waals surface area contributed by atoms with E-state index in [2.05, 4.69) is 20.1 Å². The molecule has 1 spiro atoms. The van der Waals surface area contributed by atoms with E-state index in [0.29, 0.717) is 5.88 Å². The second-order valence-corrected chi connectivity index (χ2v) is 6.32. The van der Waals surface area contributed by atoms with Gasteiger partial charge in [0.1, 0.15) is 11.7 Å². The van der Waals surface area contributed by atoms with Crippen molar-refractivity contribution in [2.45, 2.75) is 31.5 Å². The van der Waals surface area contributed by atoms with E-state index in [0.717, 1.165) is 44.0 Å². The summed E-state index contributed by atoms with van der Waals surface area (Å²) in [6.07, 6.45) is 3.71. The van der Waals surface area contributed by atoms with Gasteiger partial charge in [-0.2, -0.15) is 5.10 Å². The average molecular weight is 312 g/mol. The van der Waals surface area contributed by atoms with Crippen molar-refractivity contribution >= 4 is 5.82 Å². The number of nitrogens with zero attached hydrogens (tertiary/aromatic N) is 4. The molecule has 0 amide bonds. The molecule has 4 heterocycles. The van der Waals surface area contributed by atoms with Crippen LogP contribution in [0.1, 0.15) is 18.5 Å². The van der Waals surface area contributed by atoms with Gasteiger partial charge in [-0.05, 0) is 25.1 Å². The molecule has 2 aromatic heterocycles. The summed E-state index contributed by atoms with van der Waals surface area (Å²) in [4.78, 5) is 6.45. The van der Waals surface area contributed by atoms with E-state index >= 15 is 0 Å². The van der Waals surface area contributed by atoms with Gasteiger partial charge >= 0.3 is 0 Å². The quantitative estimate of drug-likeness (QED) is 0.864. The smallest absolute Gasteiger partial charge is 0.213 e. The minimum absolute atomic E-state index is 0.121. The highest BCUT2D eigenvalue weighted by atomic mass is 16.5. The molecule has 4 rings (SSSR count). The van der Waals surface area contributed by atoms with E-state index in [1.165, 1.54) is 0 Å². The van der Waals surface area contributed by atoms with Gasteiger partial charge in [0.05, 0.1) is 25.4 Å². The molecule has 23 heavy (non-hydrogen) atoms. The maximum Gasteiger partial charge on any atom is 0.213 e. The maximum absolute atomic E-state index is 6.05. The molecule has 2 fully saturated rings. The van der Waals surface area contributed by atoms with E-state index < -0.39 is 0 Å². The molecular formula is C17H20N4O2. The van der Waals surface area contributed by atoms with Gasteiger partial charge in [0.15, 0.2) is 5.82 Å². The summed E-state index contributed by atoms with van der Waals surface area (Å²) in [7, 11) is 0. The Balaban J connectivity index is 1.38. The van der Waals surface area contributed by atoms with Crippen LogP contribution in [0.3, 0.4) is 0 Å². The van der Waals surface area contributed by atoms with Gasteiger partial charge in [0.25, 0.3) is 0 Å². The van der Waals surface area contributed by atoms with Crippen molar-refractivity contribution in [2.24, 2.45) is 0 Å². The number of ether oxygens (including phenoxy) is 2. The van der Waals surface area contributed by atoms with Gasteiger partial charge in [-0.25, -0.2) is 4.98 Å². The van der Waals surface area contributed by atoms with Gasteiger partial charge < -0.3 is 14.4 Å². The third-order valence-electron chi connectivity index (χ3n) is 4.44. The van der Waals surface area contributed by atoms with E-state index in [4.69, 9.17) is 9.47 Å². The van der Waals surface area contributed by atoms with Crippen LogP contribution in [0, 0.1) is 6.92 Å². The van der Waals surface area contributed by atoms with Crippen molar-refractivity contribution in [3.05, 3.63) is 42.2 Å². The molecule has 6 nitrogen and oxygen atoms in total. The minimum atomic E-state index is -0.121. The van der Waals surface area contributed by atoms with Crippen LogP contribution >= 0.6 is 0 Å². The van der Waals surface area contributed by atoms with Crippen LogP contribution in [0.15, 0.2) is 36.5 Å². The zero-order valence-corrected chi connectivity index (χ0v) is 13.2. The number of hydrogen-bond acceptors (Lipinski definition) is 6. The van der Waals surface area contributed by atoms with Gasteiger partial charge in [0, 0.05) is 25.1 Å². The zero-order valence-electron chi connectivity index (χ0n) is 13.2. The SMILES string of the molecule is Cc1ccc(N2CC3(C[C@@H](Oc4ccccn4)CCO3)C2)nn1. The minimum Gasteiger partial charge on any atom is -0.474 e. The first-order valence-electron chi connectivity index (χ1n) is 7.99. The topological polar surface area (TPSA) is 60.4 Å². The molecule has 0 unspecified atom stereocenters. The Morgan fingerprint density at radius 2 is 2.13 bits per heavy atom. The van der Waals surface area contributed by atoms with Crippen LogP contribution in [0.2, 0.25) is 0 Å². The maximum atomic E-state index is 6.05. The summed E-state index contributed by atoms with van der Waals surface area (Å²) in [6.45, 7) is 4.35. The summed E-state index contributed by atoms with van der Waals surface area (Å²) in [5.41, 5.74) is 0.811. The second-order valence-electron chi connectivity index (χ2n) is 6.32. The van der Waals surface area contributed by atoms with Crippen LogP contribution in [0.25, 0.3) is 0 Å². The van der Waals surface area contributed by atoms with Crippen molar-refractivity contribution < 1.29 is 9.47 Å². The Morgan fingerprint density at radius 1 is 1.22 bits per heavy atom. The molecule has 0 N–H and O–H groups in total. The Morgan fingerprint density at radius 3 is 2.87 bits per heavy atom. The number of rotatable bonds is 3. The summed E-state index contributed by atoms with van der Waals surface area (Å²) >= 11 is 0. The second kappa shape index (κ2) is 5.77. The largest absolute Gasteiger partial charge is 0.474 e. The fraction of sp³-hybridized carbons (Fsp3) is 0.471. The van der Waals surface area contributed by atoms with Crippen LogP contribution in [-0.2, 0) is 4.74 Å².